The summed E-state index contributed by atoms with van der Waals surface area (Å²) >= 11 is 3.18. The van der Waals surface area contributed by atoms with Gasteiger partial charge in [-0.25, -0.2) is 0 Å². The smallest absolute Gasteiger partial charge is 0.283 e. The number of halogens is 1. The minimum Gasteiger partial charge on any atom is -0.493 e. The first-order chi connectivity index (χ1) is 11.6. The van der Waals surface area contributed by atoms with E-state index in [4.69, 9.17) is 18.3 Å². The van der Waals surface area contributed by atoms with Crippen LogP contribution in [-0.2, 0) is 6.61 Å². The minimum absolute atomic E-state index is 0.0770. The summed E-state index contributed by atoms with van der Waals surface area (Å²) in [4.78, 5) is 10.3. The molecule has 0 N–H and O–H groups in total. The average molecular weight is 396 g/mol. The summed E-state index contributed by atoms with van der Waals surface area (Å²) in [5.41, 5.74) is -0.113. The predicted molar refractivity (Wildman–Crippen MR) is 83.7 cm³/mol. The van der Waals surface area contributed by atoms with Crippen LogP contribution in [0.2, 0.25) is 0 Å². The topological polar surface area (TPSA) is 114 Å². The van der Waals surface area contributed by atoms with E-state index in [0.29, 0.717) is 16.2 Å². The van der Waals surface area contributed by atoms with Gasteiger partial charge in [-0.15, -0.1) is 10.2 Å². The lowest BCUT2D eigenvalue weighted by Crippen LogP contribution is -1.99. The van der Waals surface area contributed by atoms with E-state index in [1.807, 2.05) is 0 Å². The molecule has 9 nitrogen and oxygen atoms in total. The maximum absolute atomic E-state index is 10.8. The van der Waals surface area contributed by atoms with E-state index in [9.17, 15) is 10.1 Å². The number of ether oxygens (including phenoxy) is 2. The highest BCUT2D eigenvalue weighted by molar-refractivity contribution is 9.10. The zero-order valence-corrected chi connectivity index (χ0v) is 13.8. The normalized spacial score (nSPS) is 10.6. The number of methoxy groups -OCH3 is 1. The Labute approximate surface area is 143 Å². The molecular weight excluding hydrogens is 386 g/mol. The lowest BCUT2D eigenvalue weighted by molar-refractivity contribution is -0.385. The van der Waals surface area contributed by atoms with E-state index >= 15 is 0 Å². The molecular formula is C14H10BrN3O6. The third-order valence-electron chi connectivity index (χ3n) is 2.96. The molecule has 0 fully saturated rings. The largest absolute Gasteiger partial charge is 0.493 e. The van der Waals surface area contributed by atoms with E-state index in [0.717, 1.165) is 0 Å². The van der Waals surface area contributed by atoms with Gasteiger partial charge in [0.1, 0.15) is 0 Å². The number of hydrogen-bond acceptors (Lipinski definition) is 8. The van der Waals surface area contributed by atoms with Gasteiger partial charge in [0.2, 0.25) is 0 Å². The number of non-ortho nitro benzene ring substituents is 1. The maximum atomic E-state index is 10.8. The Bertz CT molecular complexity index is 875. The fraction of sp³-hybridized carbons (Fsp3) is 0.143. The van der Waals surface area contributed by atoms with Crippen LogP contribution >= 0.6 is 15.9 Å². The molecule has 2 aromatic heterocycles. The molecule has 0 spiro atoms. The van der Waals surface area contributed by atoms with Crippen molar-refractivity contribution in [2.24, 2.45) is 0 Å². The van der Waals surface area contributed by atoms with Crippen molar-refractivity contribution in [3.05, 3.63) is 51.0 Å². The van der Waals surface area contributed by atoms with Crippen molar-refractivity contribution in [3.8, 4) is 23.1 Å². The Balaban J connectivity index is 1.75. The van der Waals surface area contributed by atoms with Gasteiger partial charge in [0.25, 0.3) is 17.5 Å². The van der Waals surface area contributed by atoms with Crippen LogP contribution in [0.1, 0.15) is 5.89 Å². The molecule has 0 aliphatic rings. The van der Waals surface area contributed by atoms with Crippen LogP contribution < -0.4 is 9.47 Å². The van der Waals surface area contributed by atoms with Crippen LogP contribution in [0.25, 0.3) is 11.7 Å². The first kappa shape index (κ1) is 16.0. The summed E-state index contributed by atoms with van der Waals surface area (Å²) in [5, 5.41) is 18.5. The molecule has 2 heterocycles. The number of furan rings is 1. The summed E-state index contributed by atoms with van der Waals surface area (Å²) in [6, 6.07) is 7.41. The fourth-order valence-corrected chi connectivity index (χ4v) is 2.18. The first-order valence-corrected chi connectivity index (χ1v) is 7.39. The third-order valence-corrected chi connectivity index (χ3v) is 3.39. The van der Waals surface area contributed by atoms with Gasteiger partial charge in [-0.2, -0.15) is 0 Å². The summed E-state index contributed by atoms with van der Waals surface area (Å²) in [7, 11) is 1.44. The molecule has 0 saturated carbocycles. The van der Waals surface area contributed by atoms with Crippen molar-refractivity contribution >= 4 is 21.6 Å². The highest BCUT2D eigenvalue weighted by atomic mass is 79.9. The lowest BCUT2D eigenvalue weighted by Gasteiger charge is -2.08. The molecule has 0 bridgehead atoms. The van der Waals surface area contributed by atoms with Crippen molar-refractivity contribution in [2.75, 3.05) is 7.11 Å². The van der Waals surface area contributed by atoms with Crippen molar-refractivity contribution in [2.45, 2.75) is 6.61 Å². The molecule has 24 heavy (non-hydrogen) atoms. The van der Waals surface area contributed by atoms with Crippen molar-refractivity contribution in [1.29, 1.82) is 0 Å². The summed E-state index contributed by atoms with van der Waals surface area (Å²) in [5.74, 6) is 1.35. The van der Waals surface area contributed by atoms with Crippen LogP contribution in [0.3, 0.4) is 0 Å². The number of benzene rings is 1. The van der Waals surface area contributed by atoms with Crippen LogP contribution in [0.15, 0.2) is 43.8 Å². The number of nitrogens with zero attached hydrogens (tertiary/aromatic N) is 3. The Morgan fingerprint density at radius 2 is 2.04 bits per heavy atom. The van der Waals surface area contributed by atoms with Gasteiger partial charge < -0.3 is 18.3 Å². The van der Waals surface area contributed by atoms with E-state index in [2.05, 4.69) is 26.1 Å². The molecule has 0 saturated heterocycles. The highest BCUT2D eigenvalue weighted by Crippen LogP contribution is 2.32. The second kappa shape index (κ2) is 6.71. The van der Waals surface area contributed by atoms with Crippen molar-refractivity contribution < 1.29 is 23.2 Å². The number of aromatic nitrogens is 2. The Kier molecular flexibility index (Phi) is 4.47. The molecule has 3 aromatic rings. The summed E-state index contributed by atoms with van der Waals surface area (Å²) in [6.45, 7) is -0.0770. The number of nitro benzene ring substituents is 1. The van der Waals surface area contributed by atoms with Crippen molar-refractivity contribution in [3.63, 3.8) is 0 Å². The van der Waals surface area contributed by atoms with Gasteiger partial charge in [0.05, 0.1) is 18.1 Å². The van der Waals surface area contributed by atoms with Gasteiger partial charge in [-0.3, -0.25) is 10.1 Å². The molecule has 124 valence electrons. The molecule has 0 atom stereocenters. The Morgan fingerprint density at radius 1 is 1.21 bits per heavy atom. The van der Waals surface area contributed by atoms with E-state index in [1.54, 1.807) is 12.1 Å². The monoisotopic (exact) mass is 395 g/mol. The number of nitro groups is 1. The highest BCUT2D eigenvalue weighted by Gasteiger charge is 2.16. The summed E-state index contributed by atoms with van der Waals surface area (Å²) < 4.78 is 21.9. The molecule has 0 unspecified atom stereocenters. The molecule has 0 aliphatic heterocycles. The van der Waals surface area contributed by atoms with Gasteiger partial charge in [0.15, 0.2) is 28.5 Å². The molecule has 10 heteroatoms. The molecule has 0 amide bonds. The van der Waals surface area contributed by atoms with E-state index in [1.165, 1.54) is 25.3 Å². The van der Waals surface area contributed by atoms with Gasteiger partial charge in [0, 0.05) is 6.07 Å². The van der Waals surface area contributed by atoms with Crippen LogP contribution in [0.4, 0.5) is 5.69 Å². The van der Waals surface area contributed by atoms with Gasteiger partial charge in [-0.05, 0) is 34.1 Å². The molecule has 1 aromatic carbocycles. The van der Waals surface area contributed by atoms with Crippen LogP contribution in [0.5, 0.6) is 11.5 Å². The maximum Gasteiger partial charge on any atom is 0.283 e. The molecule has 0 aliphatic carbocycles. The standard InChI is InChI=1S/C14H10BrN3O6/c1-21-9-3-2-8(18(19)20)6-11(9)22-7-13-16-17-14(24-13)10-4-5-12(15)23-10/h2-6H,7H2,1H3. The molecule has 0 radical (unpaired) electrons. The minimum atomic E-state index is -0.522. The quantitative estimate of drug-likeness (QED) is 0.459. The molecule has 3 rings (SSSR count). The summed E-state index contributed by atoms with van der Waals surface area (Å²) in [6.07, 6.45) is 0. The first-order valence-electron chi connectivity index (χ1n) is 6.60. The van der Waals surface area contributed by atoms with Crippen LogP contribution in [0, 0.1) is 10.1 Å². The van der Waals surface area contributed by atoms with Gasteiger partial charge in [-0.1, -0.05) is 0 Å². The fourth-order valence-electron chi connectivity index (χ4n) is 1.87. The van der Waals surface area contributed by atoms with E-state index in [-0.39, 0.29) is 29.8 Å². The third kappa shape index (κ3) is 3.38. The second-order valence-electron chi connectivity index (χ2n) is 4.49. The zero-order valence-electron chi connectivity index (χ0n) is 12.3. The number of rotatable bonds is 6. The van der Waals surface area contributed by atoms with Gasteiger partial charge >= 0.3 is 0 Å². The number of hydrogen-bond donors (Lipinski definition) is 0. The lowest BCUT2D eigenvalue weighted by atomic mass is 10.3. The predicted octanol–water partition coefficient (Wildman–Crippen LogP) is 3.59. The SMILES string of the molecule is COc1ccc([N+](=O)[O-])cc1OCc1nnc(-c2ccc(Br)o2)o1. The zero-order chi connectivity index (χ0) is 17.1. The van der Waals surface area contributed by atoms with E-state index < -0.39 is 4.92 Å². The second-order valence-corrected chi connectivity index (χ2v) is 5.27. The Morgan fingerprint density at radius 3 is 2.71 bits per heavy atom. The van der Waals surface area contributed by atoms with Crippen LogP contribution in [-0.4, -0.2) is 22.2 Å². The Hall–Kier alpha value is -2.88. The van der Waals surface area contributed by atoms with Crippen molar-refractivity contribution in [1.82, 2.24) is 10.2 Å². The average Bonchev–Trinajstić information content (AvgIpc) is 3.21.